The number of benzene rings is 1. The first kappa shape index (κ1) is 14.0. The molecule has 0 aromatic heterocycles. The molecule has 1 amide bonds. The fourth-order valence-electron chi connectivity index (χ4n) is 2.67. The van der Waals surface area contributed by atoms with Crippen LogP contribution in [0.2, 0.25) is 0 Å². The molecule has 0 radical (unpaired) electrons. The molecule has 0 saturated heterocycles. The lowest BCUT2D eigenvalue weighted by molar-refractivity contribution is 0.0755. The number of nitrogens with one attached hydrogen (secondary N) is 1. The minimum atomic E-state index is -0.578. The molecular weight excluding hydrogens is 245 g/mol. The van der Waals surface area contributed by atoms with Crippen LogP contribution in [0.1, 0.15) is 48.0 Å². The molecule has 1 fully saturated rings. The summed E-state index contributed by atoms with van der Waals surface area (Å²) in [5.74, 6) is -0.954. The first-order valence-electron chi connectivity index (χ1n) is 6.76. The Labute approximate surface area is 112 Å². The summed E-state index contributed by atoms with van der Waals surface area (Å²) in [6, 6.07) is 4.48. The van der Waals surface area contributed by atoms with Crippen molar-refractivity contribution in [3.8, 4) is 0 Å². The van der Waals surface area contributed by atoms with Gasteiger partial charge in [0.25, 0.3) is 5.91 Å². The molecule has 1 aliphatic rings. The van der Waals surface area contributed by atoms with Crippen molar-refractivity contribution in [2.24, 2.45) is 0 Å². The number of carbonyl (C=O) groups excluding carboxylic acids is 1. The highest BCUT2D eigenvalue weighted by Gasteiger charge is 2.33. The maximum atomic E-state index is 13.7. The molecule has 0 heterocycles. The largest absolute Gasteiger partial charge is 0.394 e. The average molecular weight is 265 g/mol. The molecule has 1 aliphatic carbocycles. The van der Waals surface area contributed by atoms with E-state index in [0.29, 0.717) is 0 Å². The lowest BCUT2D eigenvalue weighted by Crippen LogP contribution is -2.52. The minimum Gasteiger partial charge on any atom is -0.394 e. The number of halogens is 1. The zero-order valence-corrected chi connectivity index (χ0v) is 11.2. The number of aliphatic hydroxyl groups is 1. The highest BCUT2D eigenvalue weighted by Crippen LogP contribution is 2.28. The van der Waals surface area contributed by atoms with Crippen LogP contribution in [0.15, 0.2) is 18.2 Å². The van der Waals surface area contributed by atoms with Crippen LogP contribution in [0.5, 0.6) is 0 Å². The second kappa shape index (κ2) is 5.70. The summed E-state index contributed by atoms with van der Waals surface area (Å²) < 4.78 is 13.7. The van der Waals surface area contributed by atoms with E-state index in [0.717, 1.165) is 37.7 Å². The summed E-state index contributed by atoms with van der Waals surface area (Å²) in [6.45, 7) is 1.73. The zero-order chi connectivity index (χ0) is 13.9. The van der Waals surface area contributed by atoms with Crippen molar-refractivity contribution in [1.29, 1.82) is 0 Å². The van der Waals surface area contributed by atoms with Gasteiger partial charge in [0.2, 0.25) is 0 Å². The van der Waals surface area contributed by atoms with E-state index in [2.05, 4.69) is 5.32 Å². The van der Waals surface area contributed by atoms with Crippen LogP contribution < -0.4 is 5.32 Å². The second-order valence-corrected chi connectivity index (χ2v) is 5.44. The number of hydrogen-bond donors (Lipinski definition) is 2. The Morgan fingerprint density at radius 1 is 1.37 bits per heavy atom. The molecule has 4 heteroatoms. The van der Waals surface area contributed by atoms with Crippen LogP contribution >= 0.6 is 0 Å². The summed E-state index contributed by atoms with van der Waals surface area (Å²) >= 11 is 0. The number of aryl methyl sites for hydroxylation is 1. The monoisotopic (exact) mass is 265 g/mol. The Kier molecular flexibility index (Phi) is 4.20. The molecule has 1 aromatic carbocycles. The minimum absolute atomic E-state index is 0.0541. The number of amides is 1. The quantitative estimate of drug-likeness (QED) is 0.882. The molecule has 2 N–H and O–H groups in total. The number of aliphatic hydroxyl groups excluding tert-OH is 1. The Balaban J connectivity index is 2.17. The zero-order valence-electron chi connectivity index (χ0n) is 11.2. The third-order valence-corrected chi connectivity index (χ3v) is 3.86. The van der Waals surface area contributed by atoms with Gasteiger partial charge < -0.3 is 10.4 Å². The molecule has 0 spiro atoms. The van der Waals surface area contributed by atoms with Gasteiger partial charge in [-0.05, 0) is 31.9 Å². The van der Waals surface area contributed by atoms with Gasteiger partial charge in [0.05, 0.1) is 17.7 Å². The summed E-state index contributed by atoms with van der Waals surface area (Å²) in [5, 5.41) is 12.4. The highest BCUT2D eigenvalue weighted by atomic mass is 19.1. The molecule has 0 bridgehead atoms. The lowest BCUT2D eigenvalue weighted by atomic mass is 9.82. The van der Waals surface area contributed by atoms with Gasteiger partial charge in [0.1, 0.15) is 5.82 Å². The number of rotatable bonds is 3. The summed E-state index contributed by atoms with van der Waals surface area (Å²) in [4.78, 5) is 12.2. The van der Waals surface area contributed by atoms with Crippen molar-refractivity contribution >= 4 is 5.91 Å². The molecule has 0 unspecified atom stereocenters. The molecule has 104 valence electrons. The van der Waals surface area contributed by atoms with Crippen molar-refractivity contribution in [2.75, 3.05) is 6.61 Å². The van der Waals surface area contributed by atoms with E-state index in [9.17, 15) is 14.3 Å². The summed E-state index contributed by atoms with van der Waals surface area (Å²) in [7, 11) is 0. The van der Waals surface area contributed by atoms with Crippen molar-refractivity contribution in [2.45, 2.75) is 44.6 Å². The molecule has 2 rings (SSSR count). The SMILES string of the molecule is Cc1ccc(F)c(C(=O)NC2(CO)CCCCC2)c1. The number of hydrogen-bond acceptors (Lipinski definition) is 2. The van der Waals surface area contributed by atoms with Gasteiger partial charge in [-0.25, -0.2) is 4.39 Å². The van der Waals surface area contributed by atoms with Gasteiger partial charge in [0, 0.05) is 0 Å². The van der Waals surface area contributed by atoms with E-state index in [4.69, 9.17) is 0 Å². The Morgan fingerprint density at radius 2 is 2.05 bits per heavy atom. The maximum absolute atomic E-state index is 13.7. The fourth-order valence-corrected chi connectivity index (χ4v) is 2.67. The molecule has 3 nitrogen and oxygen atoms in total. The van der Waals surface area contributed by atoms with Gasteiger partial charge >= 0.3 is 0 Å². The van der Waals surface area contributed by atoms with E-state index in [1.807, 2.05) is 6.92 Å². The predicted molar refractivity (Wildman–Crippen MR) is 71.5 cm³/mol. The smallest absolute Gasteiger partial charge is 0.254 e. The maximum Gasteiger partial charge on any atom is 0.254 e. The third-order valence-electron chi connectivity index (χ3n) is 3.86. The first-order chi connectivity index (χ1) is 9.06. The molecule has 1 saturated carbocycles. The van der Waals surface area contributed by atoms with Crippen molar-refractivity contribution < 1.29 is 14.3 Å². The Hall–Kier alpha value is -1.42. The summed E-state index contributed by atoms with van der Waals surface area (Å²) in [5.41, 5.74) is 0.317. The van der Waals surface area contributed by atoms with E-state index in [1.165, 1.54) is 6.07 Å². The van der Waals surface area contributed by atoms with E-state index >= 15 is 0 Å². The second-order valence-electron chi connectivity index (χ2n) is 5.44. The standard InChI is InChI=1S/C15H20FNO2/c1-11-5-6-13(16)12(9-11)14(19)17-15(10-18)7-3-2-4-8-15/h5-6,9,18H,2-4,7-8,10H2,1H3,(H,17,19). The van der Waals surface area contributed by atoms with E-state index in [-0.39, 0.29) is 12.2 Å². The van der Waals surface area contributed by atoms with Gasteiger partial charge in [-0.15, -0.1) is 0 Å². The highest BCUT2D eigenvalue weighted by molar-refractivity contribution is 5.95. The summed E-state index contributed by atoms with van der Waals surface area (Å²) in [6.07, 6.45) is 4.59. The molecule has 1 aromatic rings. The van der Waals surface area contributed by atoms with Crippen LogP contribution in [0.3, 0.4) is 0 Å². The van der Waals surface area contributed by atoms with Gasteiger partial charge in [-0.2, -0.15) is 0 Å². The van der Waals surface area contributed by atoms with Crippen LogP contribution in [0, 0.1) is 12.7 Å². The average Bonchev–Trinajstić information content (AvgIpc) is 2.42. The van der Waals surface area contributed by atoms with Gasteiger partial charge in [0.15, 0.2) is 0 Å². The van der Waals surface area contributed by atoms with E-state index in [1.54, 1.807) is 12.1 Å². The van der Waals surface area contributed by atoms with Crippen LogP contribution in [0.4, 0.5) is 4.39 Å². The molecule has 0 atom stereocenters. The number of carbonyl (C=O) groups is 1. The van der Waals surface area contributed by atoms with Crippen LogP contribution in [-0.2, 0) is 0 Å². The van der Waals surface area contributed by atoms with Gasteiger partial charge in [-0.3, -0.25) is 4.79 Å². The van der Waals surface area contributed by atoms with Crippen molar-refractivity contribution in [3.05, 3.63) is 35.1 Å². The molecule has 0 aliphatic heterocycles. The predicted octanol–water partition coefficient (Wildman–Crippen LogP) is 2.56. The normalized spacial score (nSPS) is 18.1. The Morgan fingerprint density at radius 3 is 2.68 bits per heavy atom. The third kappa shape index (κ3) is 3.13. The van der Waals surface area contributed by atoms with Gasteiger partial charge in [-0.1, -0.05) is 30.9 Å². The lowest BCUT2D eigenvalue weighted by Gasteiger charge is -2.36. The topological polar surface area (TPSA) is 49.3 Å². The molecule has 19 heavy (non-hydrogen) atoms. The van der Waals surface area contributed by atoms with Crippen molar-refractivity contribution in [3.63, 3.8) is 0 Å². The van der Waals surface area contributed by atoms with E-state index < -0.39 is 17.3 Å². The first-order valence-corrected chi connectivity index (χ1v) is 6.76. The van der Waals surface area contributed by atoms with Crippen molar-refractivity contribution in [1.82, 2.24) is 5.32 Å². The molecular formula is C15H20FNO2. The Bertz CT molecular complexity index is 467. The van der Waals surface area contributed by atoms with Crippen LogP contribution in [-0.4, -0.2) is 23.2 Å². The van der Waals surface area contributed by atoms with Crippen LogP contribution in [0.25, 0.3) is 0 Å². The fraction of sp³-hybridized carbons (Fsp3) is 0.533.